The number of aliphatic hydroxyl groups is 3. The second kappa shape index (κ2) is 7.83. The van der Waals surface area contributed by atoms with Crippen molar-refractivity contribution < 1.29 is 29.5 Å². The zero-order chi connectivity index (χ0) is 22.5. The van der Waals surface area contributed by atoms with Gasteiger partial charge in [-0.1, -0.05) is 6.07 Å². The molecule has 1 fully saturated rings. The van der Waals surface area contributed by atoms with Crippen LogP contribution in [0.3, 0.4) is 0 Å². The zero-order valence-corrected chi connectivity index (χ0v) is 17.3. The van der Waals surface area contributed by atoms with Crippen molar-refractivity contribution in [2.45, 2.75) is 36.6 Å². The maximum absolute atomic E-state index is 11.1. The van der Waals surface area contributed by atoms with Crippen molar-refractivity contribution >= 4 is 17.0 Å². The van der Waals surface area contributed by atoms with Crippen LogP contribution in [-0.2, 0) is 17.0 Å². The second-order valence-corrected chi connectivity index (χ2v) is 7.85. The lowest BCUT2D eigenvalue weighted by molar-refractivity contribution is -0.175. The number of hydrogen-bond acceptors (Lipinski definition) is 11. The van der Waals surface area contributed by atoms with Crippen LogP contribution in [0.4, 0.5) is 5.82 Å². The van der Waals surface area contributed by atoms with Gasteiger partial charge >= 0.3 is 0 Å². The van der Waals surface area contributed by atoms with Crippen LogP contribution in [-0.4, -0.2) is 79.5 Å². The molecule has 32 heavy (non-hydrogen) atoms. The van der Waals surface area contributed by atoms with E-state index in [1.54, 1.807) is 7.11 Å². The molecule has 0 aliphatic carbocycles. The summed E-state index contributed by atoms with van der Waals surface area (Å²) in [7, 11) is 1.59. The molecule has 5 rings (SSSR count). The minimum Gasteiger partial charge on any atom is -0.497 e. The van der Waals surface area contributed by atoms with Crippen molar-refractivity contribution in [2.24, 2.45) is 0 Å². The molecular weight excluding hydrogens is 420 g/mol. The summed E-state index contributed by atoms with van der Waals surface area (Å²) >= 11 is 0. The van der Waals surface area contributed by atoms with Crippen molar-refractivity contribution in [1.29, 1.82) is 0 Å². The summed E-state index contributed by atoms with van der Waals surface area (Å²) in [6.07, 6.45) is -0.606. The molecule has 4 heterocycles. The highest BCUT2D eigenvalue weighted by atomic mass is 16.6. The maximum atomic E-state index is 11.1. The molecular formula is C20H24N6O6. The molecule has 3 aromatic rings. The van der Waals surface area contributed by atoms with Gasteiger partial charge in [-0.2, -0.15) is 0 Å². The van der Waals surface area contributed by atoms with Crippen LogP contribution in [0.5, 0.6) is 11.5 Å². The number of nitrogens with two attached hydrogens (primary N) is 1. The average Bonchev–Trinajstić information content (AvgIpc) is 3.35. The van der Waals surface area contributed by atoms with Gasteiger partial charge in [0.05, 0.1) is 13.7 Å². The fraction of sp³-hybridized carbons (Fsp3) is 0.450. The van der Waals surface area contributed by atoms with Gasteiger partial charge in [0.15, 0.2) is 11.5 Å². The monoisotopic (exact) mass is 444 g/mol. The first-order valence-electron chi connectivity index (χ1n) is 10.1. The molecule has 2 aliphatic heterocycles. The highest BCUT2D eigenvalue weighted by molar-refractivity contribution is 5.81. The van der Waals surface area contributed by atoms with Crippen LogP contribution in [0.1, 0.15) is 5.56 Å². The SMILES string of the molecule is COc1ccc2c(c1)OCC(N[C@@]1(n3cnc4c(N)ncnc43)O[C@H](CO)[C@@H](O)[C@H]1O)C2. The lowest BCUT2D eigenvalue weighted by Crippen LogP contribution is -2.61. The van der Waals surface area contributed by atoms with E-state index in [2.05, 4.69) is 20.3 Å². The molecule has 12 heteroatoms. The van der Waals surface area contributed by atoms with Crippen molar-refractivity contribution in [3.63, 3.8) is 0 Å². The van der Waals surface area contributed by atoms with Gasteiger partial charge < -0.3 is 35.3 Å². The Morgan fingerprint density at radius 3 is 2.91 bits per heavy atom. The number of rotatable bonds is 5. The summed E-state index contributed by atoms with van der Waals surface area (Å²) in [5.41, 5.74) is 7.49. The highest BCUT2D eigenvalue weighted by Crippen LogP contribution is 2.37. The molecule has 2 aromatic heterocycles. The zero-order valence-electron chi connectivity index (χ0n) is 17.3. The number of fused-ring (bicyclic) bond motifs is 2. The van der Waals surface area contributed by atoms with E-state index in [1.807, 2.05) is 18.2 Å². The van der Waals surface area contributed by atoms with E-state index in [-0.39, 0.29) is 18.5 Å². The van der Waals surface area contributed by atoms with Gasteiger partial charge in [0.1, 0.15) is 54.6 Å². The topological polar surface area (TPSA) is 170 Å². The lowest BCUT2D eigenvalue weighted by Gasteiger charge is -2.39. The molecule has 0 amide bonds. The molecule has 0 radical (unpaired) electrons. The molecule has 0 saturated carbocycles. The van der Waals surface area contributed by atoms with E-state index in [0.717, 1.165) is 5.56 Å². The molecule has 12 nitrogen and oxygen atoms in total. The largest absolute Gasteiger partial charge is 0.497 e. The Labute approximate surface area is 182 Å². The summed E-state index contributed by atoms with van der Waals surface area (Å²) in [6, 6.07) is 5.26. The van der Waals surface area contributed by atoms with Crippen molar-refractivity contribution in [3.05, 3.63) is 36.4 Å². The van der Waals surface area contributed by atoms with Gasteiger partial charge in [-0.05, 0) is 18.1 Å². The Balaban J connectivity index is 1.53. The minimum atomic E-state index is -1.68. The quantitative estimate of drug-likeness (QED) is 0.318. The van der Waals surface area contributed by atoms with Gasteiger partial charge in [-0.15, -0.1) is 0 Å². The molecule has 1 saturated heterocycles. The normalized spacial score (nSPS) is 29.6. The number of nitrogens with one attached hydrogen (secondary N) is 1. The number of imidazole rings is 1. The number of aliphatic hydroxyl groups excluding tert-OH is 3. The lowest BCUT2D eigenvalue weighted by atomic mass is 10.0. The molecule has 0 bridgehead atoms. The summed E-state index contributed by atoms with van der Waals surface area (Å²) in [6.45, 7) is -0.225. The fourth-order valence-corrected chi connectivity index (χ4v) is 4.30. The predicted molar refractivity (Wildman–Crippen MR) is 111 cm³/mol. The van der Waals surface area contributed by atoms with Crippen LogP contribution >= 0.6 is 0 Å². The number of ether oxygens (including phenoxy) is 3. The van der Waals surface area contributed by atoms with E-state index < -0.39 is 30.8 Å². The van der Waals surface area contributed by atoms with E-state index in [9.17, 15) is 15.3 Å². The third kappa shape index (κ3) is 3.15. The first-order chi connectivity index (χ1) is 15.5. The molecule has 0 spiro atoms. The number of anilines is 1. The van der Waals surface area contributed by atoms with Crippen molar-refractivity contribution in [2.75, 3.05) is 26.1 Å². The highest BCUT2D eigenvalue weighted by Gasteiger charge is 2.57. The molecule has 2 aliphatic rings. The Morgan fingerprint density at radius 2 is 2.16 bits per heavy atom. The molecule has 170 valence electrons. The summed E-state index contributed by atoms with van der Waals surface area (Å²) in [4.78, 5) is 12.4. The van der Waals surface area contributed by atoms with Crippen LogP contribution in [0.15, 0.2) is 30.9 Å². The third-order valence-electron chi connectivity index (χ3n) is 5.93. The van der Waals surface area contributed by atoms with Crippen LogP contribution in [0.25, 0.3) is 11.2 Å². The van der Waals surface area contributed by atoms with Crippen LogP contribution in [0.2, 0.25) is 0 Å². The first kappa shape index (κ1) is 20.8. The van der Waals surface area contributed by atoms with Gasteiger partial charge in [0.25, 0.3) is 0 Å². The first-order valence-corrected chi connectivity index (χ1v) is 10.1. The molecule has 5 atom stereocenters. The predicted octanol–water partition coefficient (Wildman–Crippen LogP) is -1.27. The van der Waals surface area contributed by atoms with E-state index >= 15 is 0 Å². The summed E-state index contributed by atoms with van der Waals surface area (Å²) in [5, 5.41) is 34.6. The standard InChI is InChI=1S/C20H24N6O6/c1-30-12-3-2-10-4-11(7-31-13(10)5-12)25-20(17(29)16(28)14(6-27)32-20)26-9-24-15-18(21)22-8-23-19(15)26/h2-3,5,8-9,11,14,16-17,25,27-29H,4,6-7H2,1H3,(H2,21,22,23)/t11?,14-,16-,17-,20+/m1/s1. The second-order valence-electron chi connectivity index (χ2n) is 7.85. The Hall–Kier alpha value is -3.03. The van der Waals surface area contributed by atoms with E-state index in [4.69, 9.17) is 19.9 Å². The van der Waals surface area contributed by atoms with Gasteiger partial charge in [0, 0.05) is 12.1 Å². The summed E-state index contributed by atoms with van der Waals surface area (Å²) < 4.78 is 18.7. The molecule has 1 unspecified atom stereocenters. The van der Waals surface area contributed by atoms with Crippen LogP contribution in [0, 0.1) is 0 Å². The maximum Gasteiger partial charge on any atom is 0.234 e. The Kier molecular flexibility index (Phi) is 5.10. The molecule has 1 aromatic carbocycles. The number of nitrogen functional groups attached to an aromatic ring is 1. The number of benzene rings is 1. The minimum absolute atomic E-state index is 0.166. The Morgan fingerprint density at radius 1 is 1.31 bits per heavy atom. The van der Waals surface area contributed by atoms with E-state index in [1.165, 1.54) is 17.2 Å². The number of aromatic nitrogens is 4. The van der Waals surface area contributed by atoms with Crippen LogP contribution < -0.4 is 20.5 Å². The Bertz CT molecular complexity index is 1140. The van der Waals surface area contributed by atoms with Crippen molar-refractivity contribution in [1.82, 2.24) is 24.8 Å². The van der Waals surface area contributed by atoms with Gasteiger partial charge in [-0.25, -0.2) is 15.0 Å². The molecule has 6 N–H and O–H groups in total. The average molecular weight is 444 g/mol. The number of hydrogen-bond donors (Lipinski definition) is 5. The van der Waals surface area contributed by atoms with Gasteiger partial charge in [0.2, 0.25) is 5.85 Å². The summed E-state index contributed by atoms with van der Waals surface area (Å²) in [5.74, 6) is -0.108. The number of nitrogens with zero attached hydrogens (tertiary/aromatic N) is 4. The smallest absolute Gasteiger partial charge is 0.234 e. The fourth-order valence-electron chi connectivity index (χ4n) is 4.30. The van der Waals surface area contributed by atoms with Crippen molar-refractivity contribution in [3.8, 4) is 11.5 Å². The number of methoxy groups -OCH3 is 1. The third-order valence-corrected chi connectivity index (χ3v) is 5.93. The van der Waals surface area contributed by atoms with E-state index in [0.29, 0.717) is 29.1 Å². The van der Waals surface area contributed by atoms with Gasteiger partial charge in [-0.3, -0.25) is 9.88 Å².